The Kier molecular flexibility index (Phi) is 5.24. The van der Waals surface area contributed by atoms with Crippen LogP contribution in [0.1, 0.15) is 37.7 Å². The molecule has 134 valence electrons. The quantitative estimate of drug-likeness (QED) is 0.833. The Labute approximate surface area is 138 Å². The van der Waals surface area contributed by atoms with Crippen LogP contribution in [0, 0.1) is 0 Å². The van der Waals surface area contributed by atoms with E-state index in [-0.39, 0.29) is 12.8 Å². The fourth-order valence-corrected chi connectivity index (χ4v) is 4.59. The molecule has 24 heavy (non-hydrogen) atoms. The molecule has 1 saturated carbocycles. The zero-order valence-corrected chi connectivity index (χ0v) is 13.8. The molecule has 5 nitrogen and oxygen atoms in total. The van der Waals surface area contributed by atoms with Crippen molar-refractivity contribution in [2.24, 2.45) is 0 Å². The lowest BCUT2D eigenvalue weighted by atomic mass is 9.83. The maximum absolute atomic E-state index is 13.1. The number of halogens is 3. The van der Waals surface area contributed by atoms with Gasteiger partial charge in [-0.05, 0) is 25.0 Å². The molecule has 0 aliphatic heterocycles. The molecule has 1 aliphatic carbocycles. The lowest BCUT2D eigenvalue weighted by Crippen LogP contribution is -2.56. The van der Waals surface area contributed by atoms with Crippen molar-refractivity contribution in [2.75, 3.05) is 7.11 Å². The molecule has 1 aliphatic rings. The lowest BCUT2D eigenvalue weighted by Gasteiger charge is -2.35. The zero-order valence-electron chi connectivity index (χ0n) is 13.0. The van der Waals surface area contributed by atoms with Crippen molar-refractivity contribution in [1.82, 2.24) is 4.72 Å². The Balaban J connectivity index is 2.46. The number of alkyl halides is 3. The van der Waals surface area contributed by atoms with Gasteiger partial charge in [0.25, 0.3) is 0 Å². The lowest BCUT2D eigenvalue weighted by molar-refractivity contribution is -0.149. The third kappa shape index (κ3) is 3.72. The van der Waals surface area contributed by atoms with E-state index in [0.717, 1.165) is 25.7 Å². The molecular formula is C15H18F3NO4S. The number of rotatable bonds is 4. The molecular weight excluding hydrogens is 347 g/mol. The van der Waals surface area contributed by atoms with Gasteiger partial charge in [0.15, 0.2) is 0 Å². The van der Waals surface area contributed by atoms with Crippen molar-refractivity contribution in [2.45, 2.75) is 48.7 Å². The van der Waals surface area contributed by atoms with Crippen LogP contribution in [0.25, 0.3) is 0 Å². The largest absolute Gasteiger partial charge is 0.468 e. The first-order valence-electron chi connectivity index (χ1n) is 7.41. The van der Waals surface area contributed by atoms with Gasteiger partial charge in [0.2, 0.25) is 10.0 Å². The summed E-state index contributed by atoms with van der Waals surface area (Å²) >= 11 is 0. The maximum atomic E-state index is 13.1. The summed E-state index contributed by atoms with van der Waals surface area (Å²) in [5.41, 5.74) is -2.79. The van der Waals surface area contributed by atoms with Crippen LogP contribution in [0.3, 0.4) is 0 Å². The highest BCUT2D eigenvalue weighted by atomic mass is 32.2. The van der Waals surface area contributed by atoms with Crippen LogP contribution in [-0.2, 0) is 25.7 Å². The Morgan fingerprint density at radius 1 is 1.17 bits per heavy atom. The van der Waals surface area contributed by atoms with E-state index in [1.165, 1.54) is 6.07 Å². The molecule has 2 rings (SSSR count). The minimum absolute atomic E-state index is 0.188. The van der Waals surface area contributed by atoms with E-state index < -0.39 is 38.2 Å². The number of sulfonamides is 1. The highest BCUT2D eigenvalue weighted by Gasteiger charge is 2.46. The van der Waals surface area contributed by atoms with Crippen molar-refractivity contribution < 1.29 is 31.1 Å². The molecule has 0 unspecified atom stereocenters. The van der Waals surface area contributed by atoms with Gasteiger partial charge in [0.05, 0.1) is 17.6 Å². The van der Waals surface area contributed by atoms with Crippen LogP contribution >= 0.6 is 0 Å². The van der Waals surface area contributed by atoms with Crippen molar-refractivity contribution in [3.05, 3.63) is 29.8 Å². The molecule has 0 radical (unpaired) electrons. The van der Waals surface area contributed by atoms with E-state index >= 15 is 0 Å². The van der Waals surface area contributed by atoms with E-state index in [9.17, 15) is 26.4 Å². The third-order valence-electron chi connectivity index (χ3n) is 4.09. The number of hydrogen-bond donors (Lipinski definition) is 1. The van der Waals surface area contributed by atoms with Crippen molar-refractivity contribution in [3.8, 4) is 0 Å². The highest BCUT2D eigenvalue weighted by Crippen LogP contribution is 2.36. The number of carbonyl (C=O) groups is 1. The van der Waals surface area contributed by atoms with Crippen LogP contribution in [0.4, 0.5) is 13.2 Å². The Morgan fingerprint density at radius 2 is 1.75 bits per heavy atom. The number of carbonyl (C=O) groups excluding carboxylic acids is 1. The predicted octanol–water partition coefficient (Wildman–Crippen LogP) is 2.86. The minimum atomic E-state index is -4.82. The van der Waals surface area contributed by atoms with Gasteiger partial charge in [-0.3, -0.25) is 4.79 Å². The molecule has 0 spiro atoms. The van der Waals surface area contributed by atoms with Crippen LogP contribution in [0.2, 0.25) is 0 Å². The van der Waals surface area contributed by atoms with E-state index in [1.54, 1.807) is 0 Å². The number of esters is 1. The van der Waals surface area contributed by atoms with E-state index in [1.807, 2.05) is 0 Å². The summed E-state index contributed by atoms with van der Waals surface area (Å²) in [4.78, 5) is 11.2. The van der Waals surface area contributed by atoms with Gasteiger partial charge in [-0.15, -0.1) is 0 Å². The molecule has 1 aromatic rings. The first kappa shape index (κ1) is 18.7. The fourth-order valence-electron chi connectivity index (χ4n) is 2.95. The zero-order chi connectivity index (χ0) is 18.0. The average molecular weight is 365 g/mol. The molecule has 1 aromatic carbocycles. The number of ether oxygens (including phenoxy) is 1. The van der Waals surface area contributed by atoms with Crippen LogP contribution in [0.5, 0.6) is 0 Å². The first-order valence-corrected chi connectivity index (χ1v) is 8.89. The molecule has 0 aromatic heterocycles. The first-order chi connectivity index (χ1) is 11.1. The third-order valence-corrected chi connectivity index (χ3v) is 5.69. The van der Waals surface area contributed by atoms with Crippen LogP contribution in [-0.4, -0.2) is 27.0 Å². The topological polar surface area (TPSA) is 72.5 Å². The van der Waals surface area contributed by atoms with Gasteiger partial charge < -0.3 is 4.74 Å². The van der Waals surface area contributed by atoms with Crippen molar-refractivity contribution >= 4 is 16.0 Å². The summed E-state index contributed by atoms with van der Waals surface area (Å²) in [6.07, 6.45) is -2.47. The molecule has 0 heterocycles. The fraction of sp³-hybridized carbons (Fsp3) is 0.533. The number of methoxy groups -OCH3 is 1. The Bertz CT molecular complexity index is 710. The summed E-state index contributed by atoms with van der Waals surface area (Å²) in [5.74, 6) is -0.782. The van der Waals surface area contributed by atoms with Gasteiger partial charge in [-0.2, -0.15) is 17.9 Å². The van der Waals surface area contributed by atoms with Gasteiger partial charge >= 0.3 is 12.1 Å². The Hall–Kier alpha value is -1.61. The minimum Gasteiger partial charge on any atom is -0.468 e. The number of hydrogen-bond acceptors (Lipinski definition) is 4. The predicted molar refractivity (Wildman–Crippen MR) is 79.6 cm³/mol. The number of nitrogens with one attached hydrogen (secondary N) is 1. The highest BCUT2D eigenvalue weighted by molar-refractivity contribution is 7.89. The average Bonchev–Trinajstić information content (AvgIpc) is 2.53. The van der Waals surface area contributed by atoms with Gasteiger partial charge in [-0.25, -0.2) is 8.42 Å². The molecule has 1 fully saturated rings. The summed E-state index contributed by atoms with van der Waals surface area (Å²) in [7, 11) is -3.44. The van der Waals surface area contributed by atoms with Gasteiger partial charge in [-0.1, -0.05) is 31.4 Å². The Morgan fingerprint density at radius 3 is 2.29 bits per heavy atom. The molecule has 1 N–H and O–H groups in total. The SMILES string of the molecule is COC(=O)C1(NS(=O)(=O)c2ccccc2C(F)(F)F)CCCCC1. The van der Waals surface area contributed by atoms with Crippen molar-refractivity contribution in [3.63, 3.8) is 0 Å². The molecule has 0 atom stereocenters. The second-order valence-corrected chi connectivity index (χ2v) is 7.38. The smallest absolute Gasteiger partial charge is 0.417 e. The molecule has 0 amide bonds. The summed E-state index contributed by atoms with van der Waals surface area (Å²) in [6.45, 7) is 0. The normalized spacial score (nSPS) is 18.2. The van der Waals surface area contributed by atoms with Gasteiger partial charge in [0.1, 0.15) is 5.54 Å². The second-order valence-electron chi connectivity index (χ2n) is 5.73. The monoisotopic (exact) mass is 365 g/mol. The van der Waals surface area contributed by atoms with Crippen LogP contribution < -0.4 is 4.72 Å². The maximum Gasteiger partial charge on any atom is 0.417 e. The summed E-state index contributed by atoms with van der Waals surface area (Å²) < 4.78 is 71.3. The summed E-state index contributed by atoms with van der Waals surface area (Å²) in [5, 5.41) is 0. The van der Waals surface area contributed by atoms with E-state index in [0.29, 0.717) is 18.9 Å². The van der Waals surface area contributed by atoms with Gasteiger partial charge in [0, 0.05) is 0 Å². The van der Waals surface area contributed by atoms with Crippen LogP contribution in [0.15, 0.2) is 29.2 Å². The van der Waals surface area contributed by atoms with Crippen molar-refractivity contribution in [1.29, 1.82) is 0 Å². The molecule has 9 heteroatoms. The standard InChI is InChI=1S/C15H18F3NO4S/c1-23-13(20)14(9-5-2-6-10-14)19-24(21,22)12-8-4-3-7-11(12)15(16,17)18/h3-4,7-8,19H,2,5-6,9-10H2,1H3. The second kappa shape index (κ2) is 6.72. The van der Waals surface area contributed by atoms with E-state index in [4.69, 9.17) is 0 Å². The molecule has 0 bridgehead atoms. The summed E-state index contributed by atoms with van der Waals surface area (Å²) in [6, 6.07) is 3.88. The number of benzene rings is 1. The molecule has 0 saturated heterocycles. The van der Waals surface area contributed by atoms with E-state index in [2.05, 4.69) is 9.46 Å².